The molecule has 1 unspecified atom stereocenters. The molecule has 1 N–H and O–H groups in total. The highest BCUT2D eigenvalue weighted by Crippen LogP contribution is 2.34. The van der Waals surface area contributed by atoms with Crippen LogP contribution in [0.25, 0.3) is 10.9 Å². The van der Waals surface area contributed by atoms with E-state index in [-0.39, 0.29) is 11.5 Å². The third-order valence-electron chi connectivity index (χ3n) is 4.19. The molecular formula is C18H14Cl2N2O4. The van der Waals surface area contributed by atoms with Gasteiger partial charge in [0, 0.05) is 22.0 Å². The summed E-state index contributed by atoms with van der Waals surface area (Å²) in [5.74, 6) is -1.03. The van der Waals surface area contributed by atoms with E-state index in [2.05, 4.69) is 4.98 Å². The van der Waals surface area contributed by atoms with Crippen LogP contribution < -0.4 is 0 Å². The monoisotopic (exact) mass is 392 g/mol. The highest BCUT2D eigenvalue weighted by Gasteiger charge is 2.24. The normalized spacial score (nSPS) is 12.1. The van der Waals surface area contributed by atoms with Crippen molar-refractivity contribution in [2.75, 3.05) is 13.7 Å². The highest BCUT2D eigenvalue weighted by molar-refractivity contribution is 6.42. The lowest BCUT2D eigenvalue weighted by Crippen LogP contribution is -2.14. The molecule has 0 fully saturated rings. The predicted molar refractivity (Wildman–Crippen MR) is 99.8 cm³/mol. The van der Waals surface area contributed by atoms with E-state index in [0.717, 1.165) is 5.52 Å². The Bertz CT molecular complexity index is 1000. The third kappa shape index (κ3) is 3.52. The Balaban J connectivity index is 2.15. The van der Waals surface area contributed by atoms with Crippen LogP contribution in [0.1, 0.15) is 27.4 Å². The number of halogens is 2. The summed E-state index contributed by atoms with van der Waals surface area (Å²) in [6.45, 7) is -0.326. The summed E-state index contributed by atoms with van der Waals surface area (Å²) in [4.78, 5) is 25.8. The van der Waals surface area contributed by atoms with Crippen LogP contribution >= 0.6 is 23.2 Å². The Morgan fingerprint density at radius 1 is 1.23 bits per heavy atom. The van der Waals surface area contributed by atoms with E-state index in [1.807, 2.05) is 0 Å². The number of nitrogens with zero attached hydrogens (tertiary/aromatic N) is 1. The number of rotatable bonds is 5. The molecule has 0 aliphatic heterocycles. The number of benzene rings is 2. The van der Waals surface area contributed by atoms with E-state index < -0.39 is 11.9 Å². The molecular weight excluding hydrogens is 379 g/mol. The lowest BCUT2D eigenvalue weighted by atomic mass is 9.90. The molecule has 6 nitrogen and oxygen atoms in total. The van der Waals surface area contributed by atoms with Gasteiger partial charge < -0.3 is 9.72 Å². The van der Waals surface area contributed by atoms with E-state index in [1.54, 1.807) is 42.6 Å². The van der Waals surface area contributed by atoms with Crippen LogP contribution in [0.4, 0.5) is 0 Å². The molecule has 0 saturated heterocycles. The van der Waals surface area contributed by atoms with Gasteiger partial charge in [0.2, 0.25) is 6.54 Å². The number of esters is 1. The Kier molecular flexibility index (Phi) is 5.15. The van der Waals surface area contributed by atoms with Gasteiger partial charge in [-0.05, 0) is 41.5 Å². The number of carbonyl (C=O) groups excluding carboxylic acids is 1. The van der Waals surface area contributed by atoms with Crippen LogP contribution in [0, 0.1) is 10.1 Å². The van der Waals surface area contributed by atoms with E-state index in [1.165, 1.54) is 7.11 Å². The van der Waals surface area contributed by atoms with Crippen LogP contribution in [-0.2, 0) is 4.74 Å². The summed E-state index contributed by atoms with van der Waals surface area (Å²) in [5.41, 5.74) is 2.50. The first-order valence-electron chi connectivity index (χ1n) is 7.66. The molecule has 26 heavy (non-hydrogen) atoms. The number of hydrogen-bond acceptors (Lipinski definition) is 4. The van der Waals surface area contributed by atoms with E-state index in [0.29, 0.717) is 32.1 Å². The smallest absolute Gasteiger partial charge is 0.337 e. The third-order valence-corrected chi connectivity index (χ3v) is 4.93. The molecule has 0 bridgehead atoms. The SMILES string of the molecule is COC(=O)c1ccc2[nH]cc(C(C[N+](=O)[O-])c3ccc(Cl)c(Cl)c3)c2c1. The number of nitrogens with one attached hydrogen (secondary N) is 1. The first-order valence-corrected chi connectivity index (χ1v) is 8.42. The van der Waals surface area contributed by atoms with Crippen molar-refractivity contribution in [2.45, 2.75) is 5.92 Å². The number of aromatic nitrogens is 1. The van der Waals surface area contributed by atoms with Crippen molar-refractivity contribution in [1.82, 2.24) is 4.98 Å². The largest absolute Gasteiger partial charge is 0.465 e. The number of methoxy groups -OCH3 is 1. The number of aromatic amines is 1. The maximum Gasteiger partial charge on any atom is 0.337 e. The Hall–Kier alpha value is -2.57. The van der Waals surface area contributed by atoms with Crippen LogP contribution in [0.3, 0.4) is 0 Å². The molecule has 0 radical (unpaired) electrons. The average Bonchev–Trinajstić information content (AvgIpc) is 3.04. The van der Waals surface area contributed by atoms with Gasteiger partial charge >= 0.3 is 5.97 Å². The van der Waals surface area contributed by atoms with Gasteiger partial charge in [-0.25, -0.2) is 4.79 Å². The first kappa shape index (κ1) is 18.2. The molecule has 2 aromatic carbocycles. The summed E-state index contributed by atoms with van der Waals surface area (Å²) >= 11 is 12.0. The minimum absolute atomic E-state index is 0.326. The molecule has 3 rings (SSSR count). The molecule has 8 heteroatoms. The molecule has 1 atom stereocenters. The van der Waals surface area contributed by atoms with Crippen molar-refractivity contribution in [1.29, 1.82) is 0 Å². The number of carbonyl (C=O) groups is 1. The van der Waals surface area contributed by atoms with Crippen LogP contribution in [-0.4, -0.2) is 29.5 Å². The Morgan fingerprint density at radius 2 is 2.00 bits per heavy atom. The second-order valence-corrected chi connectivity index (χ2v) is 6.55. The fraction of sp³-hybridized carbons (Fsp3) is 0.167. The van der Waals surface area contributed by atoms with Crippen LogP contribution in [0.15, 0.2) is 42.6 Å². The van der Waals surface area contributed by atoms with Gasteiger partial charge in [-0.2, -0.15) is 0 Å². The molecule has 0 amide bonds. The Morgan fingerprint density at radius 3 is 2.65 bits per heavy atom. The van der Waals surface area contributed by atoms with Crippen LogP contribution in [0.5, 0.6) is 0 Å². The van der Waals surface area contributed by atoms with Crippen molar-refractivity contribution in [3.63, 3.8) is 0 Å². The zero-order valence-electron chi connectivity index (χ0n) is 13.7. The fourth-order valence-corrected chi connectivity index (χ4v) is 3.24. The van der Waals surface area contributed by atoms with E-state index in [9.17, 15) is 14.9 Å². The second kappa shape index (κ2) is 7.35. The molecule has 1 aromatic heterocycles. The topological polar surface area (TPSA) is 85.2 Å². The van der Waals surface area contributed by atoms with Gasteiger partial charge in [0.05, 0.1) is 28.6 Å². The van der Waals surface area contributed by atoms with Gasteiger partial charge in [-0.1, -0.05) is 29.3 Å². The van der Waals surface area contributed by atoms with E-state index >= 15 is 0 Å². The van der Waals surface area contributed by atoms with Crippen LogP contribution in [0.2, 0.25) is 10.0 Å². The molecule has 3 aromatic rings. The Labute approximate surface area is 158 Å². The van der Waals surface area contributed by atoms with E-state index in [4.69, 9.17) is 27.9 Å². The van der Waals surface area contributed by atoms with Crippen molar-refractivity contribution >= 4 is 40.1 Å². The molecule has 0 saturated carbocycles. The summed E-state index contributed by atoms with van der Waals surface area (Å²) in [5, 5.41) is 12.7. The number of nitro groups is 1. The minimum atomic E-state index is -0.554. The zero-order chi connectivity index (χ0) is 18.8. The summed E-state index contributed by atoms with van der Waals surface area (Å²) in [7, 11) is 1.30. The number of H-pyrrole nitrogens is 1. The first-order chi connectivity index (χ1) is 12.4. The summed E-state index contributed by atoms with van der Waals surface area (Å²) in [6, 6.07) is 9.99. The fourth-order valence-electron chi connectivity index (χ4n) is 2.94. The van der Waals surface area contributed by atoms with Crippen molar-refractivity contribution < 1.29 is 14.5 Å². The van der Waals surface area contributed by atoms with Crippen molar-refractivity contribution in [3.8, 4) is 0 Å². The maximum absolute atomic E-state index is 11.8. The van der Waals surface area contributed by atoms with Crippen molar-refractivity contribution in [2.24, 2.45) is 0 Å². The zero-order valence-corrected chi connectivity index (χ0v) is 15.2. The predicted octanol–water partition coefficient (Wildman–Crippen LogP) is 4.67. The summed E-state index contributed by atoms with van der Waals surface area (Å²) in [6.07, 6.45) is 1.71. The summed E-state index contributed by atoms with van der Waals surface area (Å²) < 4.78 is 4.75. The quantitative estimate of drug-likeness (QED) is 0.388. The molecule has 1 heterocycles. The van der Waals surface area contributed by atoms with Gasteiger partial charge in [0.25, 0.3) is 0 Å². The molecule has 0 spiro atoms. The number of hydrogen-bond donors (Lipinski definition) is 1. The minimum Gasteiger partial charge on any atom is -0.465 e. The second-order valence-electron chi connectivity index (χ2n) is 5.74. The standard InChI is InChI=1S/C18H14Cl2N2O4/c1-26-18(23)11-3-5-17-12(6-11)13(8-21-17)14(9-22(24)25)10-2-4-15(19)16(20)7-10/h2-8,14,21H,9H2,1H3. The average molecular weight is 393 g/mol. The highest BCUT2D eigenvalue weighted by atomic mass is 35.5. The van der Waals surface area contributed by atoms with Gasteiger partial charge in [-0.3, -0.25) is 10.1 Å². The molecule has 0 aliphatic rings. The van der Waals surface area contributed by atoms with Gasteiger partial charge in [0.15, 0.2) is 0 Å². The number of fused-ring (bicyclic) bond motifs is 1. The lowest BCUT2D eigenvalue weighted by molar-refractivity contribution is -0.481. The van der Waals surface area contributed by atoms with Crippen molar-refractivity contribution in [3.05, 3.63) is 79.4 Å². The maximum atomic E-state index is 11.8. The van der Waals surface area contributed by atoms with Gasteiger partial charge in [-0.15, -0.1) is 0 Å². The molecule has 134 valence electrons. The lowest BCUT2D eigenvalue weighted by Gasteiger charge is -2.14. The van der Waals surface area contributed by atoms with Gasteiger partial charge in [0.1, 0.15) is 0 Å². The molecule has 0 aliphatic carbocycles. The number of ether oxygens (including phenoxy) is 1.